The van der Waals surface area contributed by atoms with Crippen molar-refractivity contribution in [2.24, 2.45) is 5.14 Å². The first kappa shape index (κ1) is 12.3. The summed E-state index contributed by atoms with van der Waals surface area (Å²) in [4.78, 5) is 11.6. The molecule has 0 aliphatic carbocycles. The van der Waals surface area contributed by atoms with E-state index in [-0.39, 0.29) is 4.90 Å². The second-order valence-electron chi connectivity index (χ2n) is 3.54. The van der Waals surface area contributed by atoms with Crippen molar-refractivity contribution in [1.82, 2.24) is 0 Å². The number of nitrogens with one attached hydrogen (secondary N) is 1. The zero-order valence-corrected chi connectivity index (χ0v) is 9.98. The van der Waals surface area contributed by atoms with Crippen LogP contribution in [0.2, 0.25) is 0 Å². The molecule has 0 radical (unpaired) electrons. The number of benzene rings is 1. The van der Waals surface area contributed by atoms with E-state index in [1.807, 2.05) is 0 Å². The number of hydrogen-bond donors (Lipinski definition) is 2. The van der Waals surface area contributed by atoms with Gasteiger partial charge in [0.15, 0.2) is 0 Å². The van der Waals surface area contributed by atoms with Crippen LogP contribution in [-0.2, 0) is 10.0 Å². The number of sulfonamides is 1. The molecule has 0 bridgehead atoms. The van der Waals surface area contributed by atoms with Gasteiger partial charge in [0, 0.05) is 5.69 Å². The van der Waals surface area contributed by atoms with Gasteiger partial charge in [-0.25, -0.2) is 13.6 Å². The fourth-order valence-corrected chi connectivity index (χ4v) is 1.91. The van der Waals surface area contributed by atoms with Crippen molar-refractivity contribution in [3.05, 3.63) is 48.4 Å². The lowest BCUT2D eigenvalue weighted by atomic mass is 10.3. The zero-order chi connectivity index (χ0) is 13.2. The maximum Gasteiger partial charge on any atom is 0.258 e. The van der Waals surface area contributed by atoms with Crippen LogP contribution in [0.4, 0.5) is 5.69 Å². The Balaban J connectivity index is 2.23. The molecule has 6 nitrogen and oxygen atoms in total. The largest absolute Gasteiger partial charge is 0.472 e. The number of anilines is 1. The predicted octanol–water partition coefficient (Wildman–Crippen LogP) is 1.18. The Hall–Kier alpha value is -2.12. The molecule has 0 saturated carbocycles. The van der Waals surface area contributed by atoms with E-state index in [9.17, 15) is 13.2 Å². The third-order valence-corrected chi connectivity index (χ3v) is 3.11. The van der Waals surface area contributed by atoms with E-state index in [0.717, 1.165) is 0 Å². The minimum Gasteiger partial charge on any atom is -0.472 e. The lowest BCUT2D eigenvalue weighted by Crippen LogP contribution is -2.14. The Morgan fingerprint density at radius 2 is 2.06 bits per heavy atom. The van der Waals surface area contributed by atoms with Crippen molar-refractivity contribution < 1.29 is 17.6 Å². The fourth-order valence-electron chi connectivity index (χ4n) is 1.35. The molecule has 18 heavy (non-hydrogen) atoms. The Morgan fingerprint density at radius 3 is 2.67 bits per heavy atom. The molecular weight excluding hydrogens is 256 g/mol. The summed E-state index contributed by atoms with van der Waals surface area (Å²) in [6, 6.07) is 7.19. The highest BCUT2D eigenvalue weighted by atomic mass is 32.2. The molecular formula is C11H10N2O4S. The van der Waals surface area contributed by atoms with E-state index >= 15 is 0 Å². The molecule has 94 valence electrons. The molecule has 0 saturated heterocycles. The molecule has 0 atom stereocenters. The van der Waals surface area contributed by atoms with Gasteiger partial charge in [-0.05, 0) is 24.3 Å². The number of nitrogens with two attached hydrogens (primary N) is 1. The summed E-state index contributed by atoms with van der Waals surface area (Å²) in [5.74, 6) is -0.393. The molecule has 3 N–H and O–H groups in total. The first-order valence-electron chi connectivity index (χ1n) is 4.93. The van der Waals surface area contributed by atoms with Crippen LogP contribution in [0.25, 0.3) is 0 Å². The van der Waals surface area contributed by atoms with Crippen LogP contribution in [0.15, 0.2) is 52.2 Å². The van der Waals surface area contributed by atoms with Crippen LogP contribution < -0.4 is 10.5 Å². The lowest BCUT2D eigenvalue weighted by molar-refractivity contribution is 0.102. The molecule has 0 fully saturated rings. The molecule has 1 aromatic heterocycles. The number of hydrogen-bond acceptors (Lipinski definition) is 4. The highest BCUT2D eigenvalue weighted by Crippen LogP contribution is 2.15. The third-order valence-electron chi connectivity index (χ3n) is 2.20. The van der Waals surface area contributed by atoms with Crippen molar-refractivity contribution in [3.8, 4) is 0 Å². The minimum absolute atomic E-state index is 0.0625. The van der Waals surface area contributed by atoms with E-state index in [4.69, 9.17) is 9.56 Å². The zero-order valence-electron chi connectivity index (χ0n) is 9.16. The summed E-state index contributed by atoms with van der Waals surface area (Å²) in [7, 11) is -3.78. The predicted molar refractivity (Wildman–Crippen MR) is 64.5 cm³/mol. The van der Waals surface area contributed by atoms with Gasteiger partial charge in [0.1, 0.15) is 6.26 Å². The Bertz CT molecular complexity index is 662. The number of amides is 1. The van der Waals surface area contributed by atoms with E-state index in [1.54, 1.807) is 6.07 Å². The first-order chi connectivity index (χ1) is 8.47. The minimum atomic E-state index is -3.78. The van der Waals surface area contributed by atoms with Gasteiger partial charge in [-0.2, -0.15) is 0 Å². The summed E-state index contributed by atoms with van der Waals surface area (Å²) in [6.07, 6.45) is 2.66. The summed E-state index contributed by atoms with van der Waals surface area (Å²) in [6.45, 7) is 0. The summed E-state index contributed by atoms with van der Waals surface area (Å²) >= 11 is 0. The molecule has 0 spiro atoms. The van der Waals surface area contributed by atoms with Gasteiger partial charge in [-0.3, -0.25) is 4.79 Å². The number of primary sulfonamides is 1. The van der Waals surface area contributed by atoms with Crippen LogP contribution in [0.5, 0.6) is 0 Å². The summed E-state index contributed by atoms with van der Waals surface area (Å²) in [5.41, 5.74) is 0.684. The van der Waals surface area contributed by atoms with Gasteiger partial charge in [0.05, 0.1) is 16.7 Å². The topological polar surface area (TPSA) is 102 Å². The van der Waals surface area contributed by atoms with Crippen LogP contribution in [0.1, 0.15) is 10.4 Å². The average Bonchev–Trinajstić information content (AvgIpc) is 2.81. The molecule has 0 aliphatic rings. The van der Waals surface area contributed by atoms with E-state index in [2.05, 4.69) is 5.32 Å². The molecule has 2 rings (SSSR count). The fraction of sp³-hybridized carbons (Fsp3) is 0. The molecule has 1 amide bonds. The molecule has 7 heteroatoms. The Kier molecular flexibility index (Phi) is 3.17. The van der Waals surface area contributed by atoms with Crippen LogP contribution in [0.3, 0.4) is 0 Å². The highest BCUT2D eigenvalue weighted by molar-refractivity contribution is 7.89. The molecule has 0 aliphatic heterocycles. The maximum atomic E-state index is 11.7. The van der Waals surface area contributed by atoms with E-state index in [1.165, 1.54) is 36.8 Å². The monoisotopic (exact) mass is 266 g/mol. The normalized spacial score (nSPS) is 11.2. The van der Waals surface area contributed by atoms with Crippen LogP contribution in [0, 0.1) is 0 Å². The standard InChI is InChI=1S/C11H10N2O4S/c12-18(15,16)10-3-1-2-9(6-10)13-11(14)8-4-5-17-7-8/h1-7H,(H,13,14)(H2,12,15,16). The number of carbonyl (C=O) groups is 1. The molecule has 0 unspecified atom stereocenters. The lowest BCUT2D eigenvalue weighted by Gasteiger charge is -2.05. The van der Waals surface area contributed by atoms with Crippen LogP contribution in [-0.4, -0.2) is 14.3 Å². The van der Waals surface area contributed by atoms with Crippen molar-refractivity contribution in [2.45, 2.75) is 4.90 Å². The molecule has 2 aromatic rings. The SMILES string of the molecule is NS(=O)(=O)c1cccc(NC(=O)c2ccoc2)c1. The second kappa shape index (κ2) is 4.63. The number of rotatable bonds is 3. The van der Waals surface area contributed by atoms with Crippen LogP contribution >= 0.6 is 0 Å². The first-order valence-corrected chi connectivity index (χ1v) is 6.48. The number of furan rings is 1. The number of carbonyl (C=O) groups excluding carboxylic acids is 1. The second-order valence-corrected chi connectivity index (χ2v) is 5.10. The summed E-state index contributed by atoms with van der Waals surface area (Å²) in [5, 5.41) is 7.53. The average molecular weight is 266 g/mol. The smallest absolute Gasteiger partial charge is 0.258 e. The van der Waals surface area contributed by atoms with Gasteiger partial charge in [-0.1, -0.05) is 6.07 Å². The molecule has 1 aromatic carbocycles. The van der Waals surface area contributed by atoms with Gasteiger partial charge < -0.3 is 9.73 Å². The third kappa shape index (κ3) is 2.76. The van der Waals surface area contributed by atoms with Gasteiger partial charge in [-0.15, -0.1) is 0 Å². The quantitative estimate of drug-likeness (QED) is 0.870. The van der Waals surface area contributed by atoms with Gasteiger partial charge in [0.2, 0.25) is 10.0 Å². The van der Waals surface area contributed by atoms with Crippen molar-refractivity contribution in [3.63, 3.8) is 0 Å². The van der Waals surface area contributed by atoms with Crippen molar-refractivity contribution >= 4 is 21.6 Å². The Labute approximate surface area is 103 Å². The Morgan fingerprint density at radius 1 is 1.28 bits per heavy atom. The van der Waals surface area contributed by atoms with E-state index in [0.29, 0.717) is 11.3 Å². The van der Waals surface area contributed by atoms with Gasteiger partial charge >= 0.3 is 0 Å². The van der Waals surface area contributed by atoms with E-state index < -0.39 is 15.9 Å². The van der Waals surface area contributed by atoms with Crippen molar-refractivity contribution in [2.75, 3.05) is 5.32 Å². The molecule has 1 heterocycles. The highest BCUT2D eigenvalue weighted by Gasteiger charge is 2.11. The van der Waals surface area contributed by atoms with Crippen molar-refractivity contribution in [1.29, 1.82) is 0 Å². The van der Waals surface area contributed by atoms with Gasteiger partial charge in [0.25, 0.3) is 5.91 Å². The maximum absolute atomic E-state index is 11.7. The summed E-state index contributed by atoms with van der Waals surface area (Å²) < 4.78 is 27.1.